The summed E-state index contributed by atoms with van der Waals surface area (Å²) in [6.45, 7) is 6.58. The Hall–Kier alpha value is -0.380. The van der Waals surface area contributed by atoms with Crippen LogP contribution in [0.3, 0.4) is 0 Å². The zero-order valence-corrected chi connectivity index (χ0v) is 12.3. The van der Waals surface area contributed by atoms with Crippen LogP contribution in [0.4, 0.5) is 0 Å². The Balaban J connectivity index is 1.87. The van der Waals surface area contributed by atoms with Crippen molar-refractivity contribution in [1.29, 1.82) is 0 Å². The highest BCUT2D eigenvalue weighted by molar-refractivity contribution is 7.07. The summed E-state index contributed by atoms with van der Waals surface area (Å²) in [5.74, 6) is 0.696. The average Bonchev–Trinajstić information content (AvgIpc) is 3.01. The number of hydrogen-bond acceptors (Lipinski definition) is 3. The van der Waals surface area contributed by atoms with Crippen molar-refractivity contribution in [3.05, 3.63) is 22.4 Å². The third-order valence-corrected chi connectivity index (χ3v) is 4.55. The van der Waals surface area contributed by atoms with Gasteiger partial charge in [-0.3, -0.25) is 0 Å². The van der Waals surface area contributed by atoms with Crippen LogP contribution in [0.25, 0.3) is 0 Å². The van der Waals surface area contributed by atoms with E-state index in [2.05, 4.69) is 36.0 Å². The summed E-state index contributed by atoms with van der Waals surface area (Å²) in [7, 11) is 0. The molecule has 18 heavy (non-hydrogen) atoms. The fraction of sp³-hybridized carbons (Fsp3) is 0.733. The third-order valence-electron chi connectivity index (χ3n) is 3.82. The predicted octanol–water partition coefficient (Wildman–Crippen LogP) is 3.47. The molecule has 3 heteroatoms. The summed E-state index contributed by atoms with van der Waals surface area (Å²) in [5.41, 5.74) is 1.47. The van der Waals surface area contributed by atoms with Crippen molar-refractivity contribution in [2.45, 2.75) is 51.7 Å². The molecule has 102 valence electrons. The van der Waals surface area contributed by atoms with E-state index in [0.29, 0.717) is 18.1 Å². The van der Waals surface area contributed by atoms with Crippen LogP contribution in [0, 0.1) is 5.92 Å². The van der Waals surface area contributed by atoms with E-state index in [1.807, 2.05) is 0 Å². The number of rotatable bonds is 7. The number of thiophene rings is 1. The minimum Gasteiger partial charge on any atom is -0.376 e. The van der Waals surface area contributed by atoms with Gasteiger partial charge < -0.3 is 10.1 Å². The van der Waals surface area contributed by atoms with Crippen molar-refractivity contribution in [2.75, 3.05) is 13.2 Å². The van der Waals surface area contributed by atoms with Gasteiger partial charge in [0.05, 0.1) is 6.10 Å². The monoisotopic (exact) mass is 267 g/mol. The number of aryl methyl sites for hydroxylation is 1. The first-order chi connectivity index (χ1) is 8.81. The molecule has 3 atom stereocenters. The average molecular weight is 267 g/mol. The lowest BCUT2D eigenvalue weighted by molar-refractivity contribution is 0.0584. The van der Waals surface area contributed by atoms with Gasteiger partial charge in [0.2, 0.25) is 0 Å². The summed E-state index contributed by atoms with van der Waals surface area (Å²) in [4.78, 5) is 0. The first-order valence-corrected chi connectivity index (χ1v) is 8.11. The molecule has 0 saturated carbocycles. The molecular weight excluding hydrogens is 242 g/mol. The van der Waals surface area contributed by atoms with Crippen LogP contribution in [0.5, 0.6) is 0 Å². The molecule has 0 aliphatic carbocycles. The first kappa shape index (κ1) is 14.0. The second-order valence-electron chi connectivity index (χ2n) is 5.33. The van der Waals surface area contributed by atoms with Gasteiger partial charge in [-0.05, 0) is 60.5 Å². The third kappa shape index (κ3) is 3.81. The number of nitrogens with one attached hydrogen (secondary N) is 1. The van der Waals surface area contributed by atoms with Crippen LogP contribution in [0.15, 0.2) is 16.8 Å². The molecule has 1 saturated heterocycles. The molecule has 1 fully saturated rings. The highest BCUT2D eigenvalue weighted by atomic mass is 32.1. The van der Waals surface area contributed by atoms with E-state index in [-0.39, 0.29) is 0 Å². The molecule has 0 radical (unpaired) electrons. The normalized spacial score (nSPS) is 25.4. The van der Waals surface area contributed by atoms with E-state index in [4.69, 9.17) is 4.74 Å². The van der Waals surface area contributed by atoms with Gasteiger partial charge in [0, 0.05) is 12.6 Å². The fourth-order valence-corrected chi connectivity index (χ4v) is 3.40. The second kappa shape index (κ2) is 7.27. The van der Waals surface area contributed by atoms with Gasteiger partial charge in [0.15, 0.2) is 0 Å². The molecule has 2 heterocycles. The maximum atomic E-state index is 5.93. The van der Waals surface area contributed by atoms with Gasteiger partial charge >= 0.3 is 0 Å². The SMILES string of the molecule is CCCNC(CCc1ccsc1)C1OCCC1C. The summed E-state index contributed by atoms with van der Waals surface area (Å²) in [6.07, 6.45) is 5.17. The Morgan fingerprint density at radius 3 is 3.06 bits per heavy atom. The minimum atomic E-state index is 0.412. The predicted molar refractivity (Wildman–Crippen MR) is 78.2 cm³/mol. The standard InChI is InChI=1S/C15H25NOS/c1-3-8-16-14(15-12(2)6-9-17-15)5-4-13-7-10-18-11-13/h7,10-12,14-16H,3-6,8-9H2,1-2H3. The second-order valence-corrected chi connectivity index (χ2v) is 6.11. The smallest absolute Gasteiger partial charge is 0.0754 e. The Kier molecular flexibility index (Phi) is 5.67. The van der Waals surface area contributed by atoms with Crippen molar-refractivity contribution >= 4 is 11.3 Å². The molecule has 1 aliphatic heterocycles. The fourth-order valence-electron chi connectivity index (χ4n) is 2.70. The lowest BCUT2D eigenvalue weighted by Gasteiger charge is -2.27. The van der Waals surface area contributed by atoms with Crippen LogP contribution in [-0.2, 0) is 11.2 Å². The molecule has 0 spiro atoms. The van der Waals surface area contributed by atoms with Crippen LogP contribution < -0.4 is 5.32 Å². The van der Waals surface area contributed by atoms with Gasteiger partial charge in [0.25, 0.3) is 0 Å². The molecule has 0 aromatic carbocycles. The van der Waals surface area contributed by atoms with Crippen molar-refractivity contribution < 1.29 is 4.74 Å². The van der Waals surface area contributed by atoms with E-state index in [0.717, 1.165) is 19.6 Å². The van der Waals surface area contributed by atoms with Gasteiger partial charge in [-0.25, -0.2) is 0 Å². The van der Waals surface area contributed by atoms with Crippen LogP contribution in [-0.4, -0.2) is 25.3 Å². The molecule has 1 aliphatic rings. The van der Waals surface area contributed by atoms with Crippen molar-refractivity contribution in [3.8, 4) is 0 Å². The number of hydrogen-bond donors (Lipinski definition) is 1. The lowest BCUT2D eigenvalue weighted by Crippen LogP contribution is -2.42. The summed E-state index contributed by atoms with van der Waals surface area (Å²) < 4.78 is 5.93. The molecule has 3 unspecified atom stereocenters. The van der Waals surface area contributed by atoms with Crippen LogP contribution in [0.2, 0.25) is 0 Å². The van der Waals surface area contributed by atoms with Crippen molar-refractivity contribution in [1.82, 2.24) is 5.32 Å². The molecular formula is C15H25NOS. The van der Waals surface area contributed by atoms with Gasteiger partial charge in [-0.15, -0.1) is 0 Å². The highest BCUT2D eigenvalue weighted by Gasteiger charge is 2.31. The molecule has 0 bridgehead atoms. The van der Waals surface area contributed by atoms with E-state index >= 15 is 0 Å². The largest absolute Gasteiger partial charge is 0.376 e. The molecule has 1 aromatic heterocycles. The lowest BCUT2D eigenvalue weighted by atomic mass is 9.93. The molecule has 0 amide bonds. The van der Waals surface area contributed by atoms with Crippen molar-refractivity contribution in [2.24, 2.45) is 5.92 Å². The topological polar surface area (TPSA) is 21.3 Å². The first-order valence-electron chi connectivity index (χ1n) is 7.17. The maximum Gasteiger partial charge on any atom is 0.0754 e. The molecule has 2 nitrogen and oxygen atoms in total. The maximum absolute atomic E-state index is 5.93. The zero-order valence-electron chi connectivity index (χ0n) is 11.5. The van der Waals surface area contributed by atoms with E-state index in [1.165, 1.54) is 24.8 Å². The molecule has 1 N–H and O–H groups in total. The Morgan fingerprint density at radius 2 is 2.44 bits per heavy atom. The number of ether oxygens (including phenoxy) is 1. The minimum absolute atomic E-state index is 0.412. The Morgan fingerprint density at radius 1 is 1.56 bits per heavy atom. The molecule has 1 aromatic rings. The van der Waals surface area contributed by atoms with E-state index < -0.39 is 0 Å². The molecule has 2 rings (SSSR count). The highest BCUT2D eigenvalue weighted by Crippen LogP contribution is 2.25. The van der Waals surface area contributed by atoms with Gasteiger partial charge in [0.1, 0.15) is 0 Å². The van der Waals surface area contributed by atoms with Crippen molar-refractivity contribution in [3.63, 3.8) is 0 Å². The van der Waals surface area contributed by atoms with Crippen LogP contribution in [0.1, 0.15) is 38.7 Å². The summed E-state index contributed by atoms with van der Waals surface area (Å²) in [6, 6.07) is 2.75. The van der Waals surface area contributed by atoms with Gasteiger partial charge in [-0.2, -0.15) is 11.3 Å². The van der Waals surface area contributed by atoms with E-state index in [1.54, 1.807) is 11.3 Å². The zero-order chi connectivity index (χ0) is 12.8. The Labute approximate surface area is 115 Å². The van der Waals surface area contributed by atoms with Gasteiger partial charge in [-0.1, -0.05) is 13.8 Å². The van der Waals surface area contributed by atoms with E-state index in [9.17, 15) is 0 Å². The quantitative estimate of drug-likeness (QED) is 0.816. The summed E-state index contributed by atoms with van der Waals surface area (Å²) >= 11 is 1.79. The summed E-state index contributed by atoms with van der Waals surface area (Å²) in [5, 5.41) is 8.11. The Bertz CT molecular complexity index is 325. The van der Waals surface area contributed by atoms with Crippen LogP contribution >= 0.6 is 11.3 Å².